The number of nitrogens with one attached hydrogen (secondary N) is 1. The number of amidine groups is 1. The average molecular weight is 494 g/mol. The molecule has 176 valence electrons. The van der Waals surface area contributed by atoms with Gasteiger partial charge in [0.05, 0.1) is 18.5 Å². The van der Waals surface area contributed by atoms with E-state index >= 15 is 0 Å². The third-order valence-electron chi connectivity index (χ3n) is 4.79. The first-order valence-corrected chi connectivity index (χ1v) is 12.2. The number of ether oxygens (including phenoxy) is 1. The Morgan fingerprint density at radius 1 is 1.24 bits per heavy atom. The normalized spacial score (nSPS) is 17.1. The van der Waals surface area contributed by atoms with E-state index in [1.807, 2.05) is 6.92 Å². The predicted molar refractivity (Wildman–Crippen MR) is 130 cm³/mol. The van der Waals surface area contributed by atoms with Gasteiger partial charge in [-0.25, -0.2) is 4.99 Å². The Balaban J connectivity index is 1.73. The quantitative estimate of drug-likeness (QED) is 0.426. The lowest BCUT2D eigenvalue weighted by Crippen LogP contribution is -2.34. The van der Waals surface area contributed by atoms with Gasteiger partial charge in [0.15, 0.2) is 5.17 Å². The minimum Gasteiger partial charge on any atom is -0.495 e. The Bertz CT molecular complexity index is 1000. The maximum atomic E-state index is 13.0. The van der Waals surface area contributed by atoms with Crippen LogP contribution in [0.25, 0.3) is 0 Å². The van der Waals surface area contributed by atoms with Crippen molar-refractivity contribution in [1.82, 2.24) is 4.90 Å². The molecule has 1 aliphatic heterocycles. The fourth-order valence-electron chi connectivity index (χ4n) is 3.18. The molecule has 6 nitrogen and oxygen atoms in total. The highest BCUT2D eigenvalue weighted by Gasteiger charge is 2.38. The van der Waals surface area contributed by atoms with Crippen LogP contribution < -0.4 is 10.1 Å². The molecule has 1 heterocycles. The van der Waals surface area contributed by atoms with Crippen molar-refractivity contribution >= 4 is 51.9 Å². The SMILES string of the molecule is CCCCN1C(=O)C(CC(=O)Nc2ccccc2OC)SC1=Nc1ccc(SC(F)F)cc1. The summed E-state index contributed by atoms with van der Waals surface area (Å²) in [4.78, 5) is 32.3. The molecular weight excluding hydrogens is 468 g/mol. The van der Waals surface area contributed by atoms with Crippen molar-refractivity contribution in [3.05, 3.63) is 48.5 Å². The van der Waals surface area contributed by atoms with Gasteiger partial charge < -0.3 is 10.1 Å². The minimum atomic E-state index is -2.49. The number of unbranched alkanes of at least 4 members (excludes halogenated alkanes) is 1. The molecular formula is C23H25F2N3O3S2. The fourth-order valence-corrected chi connectivity index (χ4v) is 4.86. The predicted octanol–water partition coefficient (Wildman–Crippen LogP) is 5.77. The largest absolute Gasteiger partial charge is 0.495 e. The van der Waals surface area contributed by atoms with Crippen LogP contribution in [0.4, 0.5) is 20.2 Å². The van der Waals surface area contributed by atoms with E-state index in [0.29, 0.717) is 45.5 Å². The molecule has 1 fully saturated rings. The van der Waals surface area contributed by atoms with Crippen LogP contribution in [0.2, 0.25) is 0 Å². The number of benzene rings is 2. The average Bonchev–Trinajstić information content (AvgIpc) is 3.07. The van der Waals surface area contributed by atoms with Crippen LogP contribution in [0.3, 0.4) is 0 Å². The van der Waals surface area contributed by atoms with E-state index in [1.54, 1.807) is 53.4 Å². The van der Waals surface area contributed by atoms with Crippen molar-refractivity contribution in [2.75, 3.05) is 19.0 Å². The van der Waals surface area contributed by atoms with E-state index in [0.717, 1.165) is 12.8 Å². The molecule has 2 aromatic carbocycles. The number of nitrogens with zero attached hydrogens (tertiary/aromatic N) is 2. The molecule has 10 heteroatoms. The first-order valence-electron chi connectivity index (χ1n) is 10.5. The lowest BCUT2D eigenvalue weighted by Gasteiger charge is -2.16. The molecule has 1 unspecified atom stereocenters. The number of thioether (sulfide) groups is 2. The molecule has 3 rings (SSSR count). The second kappa shape index (κ2) is 12.0. The summed E-state index contributed by atoms with van der Waals surface area (Å²) in [6.45, 7) is 2.53. The number of halogens is 2. The van der Waals surface area contributed by atoms with Crippen molar-refractivity contribution in [3.8, 4) is 5.75 Å². The van der Waals surface area contributed by atoms with Gasteiger partial charge in [0.1, 0.15) is 11.0 Å². The Morgan fingerprint density at radius 3 is 2.64 bits per heavy atom. The summed E-state index contributed by atoms with van der Waals surface area (Å²) in [7, 11) is 1.52. The molecule has 0 spiro atoms. The van der Waals surface area contributed by atoms with Crippen molar-refractivity contribution in [2.45, 2.75) is 42.1 Å². The van der Waals surface area contributed by atoms with Crippen LogP contribution in [0.5, 0.6) is 5.75 Å². The second-order valence-electron chi connectivity index (χ2n) is 7.17. The first-order chi connectivity index (χ1) is 15.9. The number of carbonyl (C=O) groups excluding carboxylic acids is 2. The van der Waals surface area contributed by atoms with E-state index in [2.05, 4.69) is 10.3 Å². The van der Waals surface area contributed by atoms with Crippen LogP contribution in [0.15, 0.2) is 58.4 Å². The first kappa shape index (κ1) is 25.0. The number of hydrogen-bond acceptors (Lipinski definition) is 6. The molecule has 0 saturated carbocycles. The monoisotopic (exact) mass is 493 g/mol. The number of methoxy groups -OCH3 is 1. The number of carbonyl (C=O) groups is 2. The number of hydrogen-bond donors (Lipinski definition) is 1. The van der Waals surface area contributed by atoms with Gasteiger partial charge in [-0.1, -0.05) is 49.0 Å². The smallest absolute Gasteiger partial charge is 0.288 e. The van der Waals surface area contributed by atoms with E-state index in [4.69, 9.17) is 4.74 Å². The van der Waals surface area contributed by atoms with Gasteiger partial charge in [-0.3, -0.25) is 14.5 Å². The minimum absolute atomic E-state index is 0.00679. The van der Waals surface area contributed by atoms with E-state index in [-0.39, 0.29) is 18.2 Å². The zero-order valence-corrected chi connectivity index (χ0v) is 19.9. The molecule has 1 saturated heterocycles. The zero-order chi connectivity index (χ0) is 23.8. The van der Waals surface area contributed by atoms with Gasteiger partial charge in [0.2, 0.25) is 11.8 Å². The number of para-hydroxylation sites is 2. The fraction of sp³-hybridized carbons (Fsp3) is 0.348. The summed E-state index contributed by atoms with van der Waals surface area (Å²) < 4.78 is 30.3. The standard InChI is InChI=1S/C23H25F2N3O3S2/c1-3-4-13-28-21(30)19(14-20(29)27-17-7-5-6-8-18(17)31-2)33-23(28)26-15-9-11-16(12-10-15)32-22(24)25/h5-12,19,22H,3-4,13-14H2,1-2H3,(H,27,29). The van der Waals surface area contributed by atoms with Crippen LogP contribution in [0, 0.1) is 0 Å². The summed E-state index contributed by atoms with van der Waals surface area (Å²) in [6.07, 6.45) is 1.70. The lowest BCUT2D eigenvalue weighted by molar-refractivity contribution is -0.128. The van der Waals surface area contributed by atoms with E-state index in [1.165, 1.54) is 18.9 Å². The van der Waals surface area contributed by atoms with Gasteiger partial charge in [-0.05, 0) is 42.8 Å². The molecule has 1 aliphatic rings. The summed E-state index contributed by atoms with van der Waals surface area (Å²) in [5.74, 6) is -2.41. The van der Waals surface area contributed by atoms with Crippen molar-refractivity contribution < 1.29 is 23.1 Å². The van der Waals surface area contributed by atoms with E-state index in [9.17, 15) is 18.4 Å². The number of rotatable bonds is 10. The number of alkyl halides is 2. The third-order valence-corrected chi connectivity index (χ3v) is 6.69. The highest BCUT2D eigenvalue weighted by atomic mass is 32.2. The Morgan fingerprint density at radius 2 is 1.97 bits per heavy atom. The maximum absolute atomic E-state index is 13.0. The third kappa shape index (κ3) is 6.94. The zero-order valence-electron chi connectivity index (χ0n) is 18.3. The van der Waals surface area contributed by atoms with E-state index < -0.39 is 11.0 Å². The van der Waals surface area contributed by atoms with Gasteiger partial charge >= 0.3 is 0 Å². The maximum Gasteiger partial charge on any atom is 0.288 e. The van der Waals surface area contributed by atoms with Crippen molar-refractivity contribution in [3.63, 3.8) is 0 Å². The van der Waals surface area contributed by atoms with Crippen LogP contribution >= 0.6 is 23.5 Å². The van der Waals surface area contributed by atoms with Gasteiger partial charge in [0.25, 0.3) is 5.76 Å². The van der Waals surface area contributed by atoms with Crippen LogP contribution in [0.1, 0.15) is 26.2 Å². The molecule has 2 aromatic rings. The molecule has 0 aliphatic carbocycles. The summed E-state index contributed by atoms with van der Waals surface area (Å²) in [6, 6.07) is 13.5. The number of aliphatic imine (C=N–C) groups is 1. The summed E-state index contributed by atoms with van der Waals surface area (Å²) >= 11 is 1.71. The number of amides is 2. The second-order valence-corrected chi connectivity index (χ2v) is 9.40. The molecule has 0 radical (unpaired) electrons. The Labute approximate surface area is 200 Å². The van der Waals surface area contributed by atoms with Crippen molar-refractivity contribution in [1.29, 1.82) is 0 Å². The van der Waals surface area contributed by atoms with Crippen LogP contribution in [-0.4, -0.2) is 46.5 Å². The molecule has 0 aromatic heterocycles. The highest BCUT2D eigenvalue weighted by molar-refractivity contribution is 8.15. The molecule has 1 N–H and O–H groups in total. The molecule has 0 bridgehead atoms. The highest BCUT2D eigenvalue weighted by Crippen LogP contribution is 2.33. The van der Waals surface area contributed by atoms with Crippen LogP contribution in [-0.2, 0) is 9.59 Å². The van der Waals surface area contributed by atoms with Gasteiger partial charge in [0, 0.05) is 17.9 Å². The summed E-state index contributed by atoms with van der Waals surface area (Å²) in [5.41, 5.74) is 1.10. The molecule has 33 heavy (non-hydrogen) atoms. The van der Waals surface area contributed by atoms with Gasteiger partial charge in [-0.15, -0.1) is 0 Å². The lowest BCUT2D eigenvalue weighted by atomic mass is 10.2. The van der Waals surface area contributed by atoms with Crippen molar-refractivity contribution in [2.24, 2.45) is 4.99 Å². The topological polar surface area (TPSA) is 71.0 Å². The summed E-state index contributed by atoms with van der Waals surface area (Å²) in [5, 5.41) is 2.72. The number of anilines is 1. The Hall–Kier alpha value is -2.59. The molecule has 1 atom stereocenters. The van der Waals surface area contributed by atoms with Gasteiger partial charge in [-0.2, -0.15) is 8.78 Å². The molecule has 2 amide bonds. The Kier molecular flexibility index (Phi) is 9.13.